The van der Waals surface area contributed by atoms with E-state index in [1.807, 2.05) is 4.90 Å². The molecule has 1 aromatic rings. The van der Waals surface area contributed by atoms with Crippen LogP contribution in [0.1, 0.15) is 44.1 Å². The molecule has 8 heteroatoms. The van der Waals surface area contributed by atoms with E-state index in [0.717, 1.165) is 32.4 Å². The number of aromatic nitrogens is 1. The van der Waals surface area contributed by atoms with E-state index >= 15 is 0 Å². The maximum atomic E-state index is 13.0. The first-order chi connectivity index (χ1) is 11.8. The summed E-state index contributed by atoms with van der Waals surface area (Å²) in [6.07, 6.45) is 3.63. The van der Waals surface area contributed by atoms with E-state index in [0.29, 0.717) is 30.3 Å². The number of amides is 1. The molecule has 1 amide bonds. The molecule has 2 fully saturated rings. The first kappa shape index (κ1) is 18.4. The number of piperidine rings is 2. The molecule has 0 aromatic carbocycles. The molecular formula is C17H27N3O4S. The zero-order valence-corrected chi connectivity index (χ0v) is 16.0. The summed E-state index contributed by atoms with van der Waals surface area (Å²) < 4.78 is 32.4. The van der Waals surface area contributed by atoms with Crippen molar-refractivity contribution >= 4 is 15.9 Å². The van der Waals surface area contributed by atoms with Crippen LogP contribution in [0, 0.1) is 25.7 Å². The van der Waals surface area contributed by atoms with E-state index in [4.69, 9.17) is 4.52 Å². The van der Waals surface area contributed by atoms with Gasteiger partial charge in [0.1, 0.15) is 10.6 Å². The summed E-state index contributed by atoms with van der Waals surface area (Å²) in [4.78, 5) is 14.9. The summed E-state index contributed by atoms with van der Waals surface area (Å²) in [7, 11) is -3.68. The maximum Gasteiger partial charge on any atom is 0.248 e. The molecule has 3 rings (SSSR count). The lowest BCUT2D eigenvalue weighted by molar-refractivity contribution is -0.138. The van der Waals surface area contributed by atoms with Gasteiger partial charge in [0.2, 0.25) is 15.9 Å². The van der Waals surface area contributed by atoms with Crippen molar-refractivity contribution in [1.82, 2.24) is 14.4 Å². The second-order valence-electron chi connectivity index (χ2n) is 7.39. The van der Waals surface area contributed by atoms with Gasteiger partial charge in [-0.3, -0.25) is 4.79 Å². The monoisotopic (exact) mass is 369 g/mol. The fourth-order valence-corrected chi connectivity index (χ4v) is 5.80. The van der Waals surface area contributed by atoms with Crippen molar-refractivity contribution in [2.45, 2.75) is 51.3 Å². The molecule has 25 heavy (non-hydrogen) atoms. The number of nitrogens with zero attached hydrogens (tertiary/aromatic N) is 3. The lowest BCUT2D eigenvalue weighted by atomic mass is 9.94. The first-order valence-corrected chi connectivity index (χ1v) is 10.5. The molecule has 2 aliphatic heterocycles. The van der Waals surface area contributed by atoms with Crippen LogP contribution in [0.2, 0.25) is 0 Å². The predicted molar refractivity (Wildman–Crippen MR) is 92.4 cm³/mol. The van der Waals surface area contributed by atoms with Crippen LogP contribution in [0.4, 0.5) is 0 Å². The van der Waals surface area contributed by atoms with Crippen molar-refractivity contribution < 1.29 is 17.7 Å². The highest BCUT2D eigenvalue weighted by atomic mass is 32.2. The Kier molecular flexibility index (Phi) is 5.20. The van der Waals surface area contributed by atoms with Crippen molar-refractivity contribution in [3.63, 3.8) is 0 Å². The Hall–Kier alpha value is -1.41. The number of hydrogen-bond acceptors (Lipinski definition) is 5. The van der Waals surface area contributed by atoms with Gasteiger partial charge in [-0.1, -0.05) is 12.1 Å². The van der Waals surface area contributed by atoms with Gasteiger partial charge in [0.15, 0.2) is 5.76 Å². The highest BCUT2D eigenvalue weighted by molar-refractivity contribution is 7.89. The molecular weight excluding hydrogens is 342 g/mol. The van der Waals surface area contributed by atoms with Crippen LogP contribution >= 0.6 is 0 Å². The Morgan fingerprint density at radius 1 is 1.16 bits per heavy atom. The largest absolute Gasteiger partial charge is 0.360 e. The summed E-state index contributed by atoms with van der Waals surface area (Å²) in [6, 6.07) is 0. The number of sulfonamides is 1. The molecule has 2 unspecified atom stereocenters. The van der Waals surface area contributed by atoms with Gasteiger partial charge in [0, 0.05) is 26.2 Å². The molecule has 0 spiro atoms. The normalized spacial score (nSPS) is 26.0. The van der Waals surface area contributed by atoms with Crippen LogP contribution in [0.15, 0.2) is 9.42 Å². The average molecular weight is 369 g/mol. The molecule has 2 saturated heterocycles. The van der Waals surface area contributed by atoms with Crippen molar-refractivity contribution in [3.8, 4) is 0 Å². The molecule has 140 valence electrons. The SMILES string of the molecule is Cc1noc(C)c1S(=O)(=O)N1CCCC(C(=O)N2CCCC(C)C2)C1. The van der Waals surface area contributed by atoms with Gasteiger partial charge >= 0.3 is 0 Å². The Bertz CT molecular complexity index is 724. The van der Waals surface area contributed by atoms with Crippen LogP contribution in [0.25, 0.3) is 0 Å². The van der Waals surface area contributed by atoms with Crippen LogP contribution in [-0.2, 0) is 14.8 Å². The van der Waals surface area contributed by atoms with Gasteiger partial charge in [-0.25, -0.2) is 8.42 Å². The summed E-state index contributed by atoms with van der Waals surface area (Å²) in [5, 5.41) is 3.76. The number of hydrogen-bond donors (Lipinski definition) is 0. The number of aryl methyl sites for hydroxylation is 2. The predicted octanol–water partition coefficient (Wildman–Crippen LogP) is 1.95. The minimum Gasteiger partial charge on any atom is -0.360 e. The minimum atomic E-state index is -3.68. The third-order valence-corrected chi connectivity index (χ3v) is 7.38. The third-order valence-electron chi connectivity index (χ3n) is 5.27. The zero-order valence-electron chi connectivity index (χ0n) is 15.2. The molecule has 2 aliphatic rings. The summed E-state index contributed by atoms with van der Waals surface area (Å²) in [5.74, 6) is 0.666. The van der Waals surface area contributed by atoms with Gasteiger partial charge in [-0.2, -0.15) is 4.31 Å². The summed E-state index contributed by atoms with van der Waals surface area (Å²) in [6.45, 7) is 7.65. The smallest absolute Gasteiger partial charge is 0.248 e. The molecule has 3 heterocycles. The highest BCUT2D eigenvalue weighted by Crippen LogP contribution is 2.29. The molecule has 1 aromatic heterocycles. The molecule has 0 aliphatic carbocycles. The van der Waals surface area contributed by atoms with E-state index in [-0.39, 0.29) is 23.3 Å². The Labute approximate surface area is 149 Å². The maximum absolute atomic E-state index is 13.0. The van der Waals surface area contributed by atoms with Crippen LogP contribution in [-0.4, -0.2) is 54.9 Å². The molecule has 0 N–H and O–H groups in total. The highest BCUT2D eigenvalue weighted by Gasteiger charge is 2.38. The van der Waals surface area contributed by atoms with E-state index < -0.39 is 10.0 Å². The van der Waals surface area contributed by atoms with E-state index in [9.17, 15) is 13.2 Å². The standard InChI is InChI=1S/C17H27N3O4S/c1-12-6-4-8-19(10-12)17(21)15-7-5-9-20(11-15)25(22,23)16-13(2)18-24-14(16)3/h12,15H,4-11H2,1-3H3. The Balaban J connectivity index is 1.76. The lowest BCUT2D eigenvalue weighted by Crippen LogP contribution is -2.49. The summed E-state index contributed by atoms with van der Waals surface area (Å²) in [5.41, 5.74) is 0.371. The van der Waals surface area contributed by atoms with E-state index in [1.54, 1.807) is 13.8 Å². The van der Waals surface area contributed by atoms with Gasteiger partial charge in [-0.15, -0.1) is 0 Å². The molecule has 7 nitrogen and oxygen atoms in total. The number of carbonyl (C=O) groups excluding carboxylic acids is 1. The number of rotatable bonds is 3. The molecule has 0 saturated carbocycles. The number of carbonyl (C=O) groups is 1. The second-order valence-corrected chi connectivity index (χ2v) is 9.26. The van der Waals surface area contributed by atoms with Crippen LogP contribution in [0.3, 0.4) is 0 Å². The minimum absolute atomic E-state index is 0.102. The topological polar surface area (TPSA) is 83.7 Å². The van der Waals surface area contributed by atoms with Gasteiger partial charge in [0.25, 0.3) is 0 Å². The quantitative estimate of drug-likeness (QED) is 0.813. The van der Waals surface area contributed by atoms with Gasteiger partial charge in [-0.05, 0) is 45.4 Å². The van der Waals surface area contributed by atoms with Crippen molar-refractivity contribution in [1.29, 1.82) is 0 Å². The lowest BCUT2D eigenvalue weighted by Gasteiger charge is -2.37. The van der Waals surface area contributed by atoms with Crippen molar-refractivity contribution in [2.75, 3.05) is 26.2 Å². The second kappa shape index (κ2) is 7.07. The first-order valence-electron chi connectivity index (χ1n) is 9.02. The number of likely N-dealkylation sites (tertiary alicyclic amines) is 1. The zero-order chi connectivity index (χ0) is 18.2. The molecule has 0 bridgehead atoms. The van der Waals surface area contributed by atoms with Crippen molar-refractivity contribution in [2.24, 2.45) is 11.8 Å². The van der Waals surface area contributed by atoms with Crippen LogP contribution in [0.5, 0.6) is 0 Å². The third kappa shape index (κ3) is 3.60. The van der Waals surface area contributed by atoms with Gasteiger partial charge < -0.3 is 9.42 Å². The Morgan fingerprint density at radius 2 is 1.88 bits per heavy atom. The van der Waals surface area contributed by atoms with E-state index in [2.05, 4.69) is 12.1 Å². The average Bonchev–Trinajstić information content (AvgIpc) is 2.93. The van der Waals surface area contributed by atoms with Crippen molar-refractivity contribution in [3.05, 3.63) is 11.5 Å². The fraction of sp³-hybridized carbons (Fsp3) is 0.765. The van der Waals surface area contributed by atoms with E-state index in [1.165, 1.54) is 4.31 Å². The summed E-state index contributed by atoms with van der Waals surface area (Å²) >= 11 is 0. The Morgan fingerprint density at radius 3 is 2.52 bits per heavy atom. The van der Waals surface area contributed by atoms with Gasteiger partial charge in [0.05, 0.1) is 5.92 Å². The molecule has 2 atom stereocenters. The van der Waals surface area contributed by atoms with Crippen LogP contribution < -0.4 is 0 Å². The fourth-order valence-electron chi connectivity index (χ4n) is 3.98. The molecule has 0 radical (unpaired) electrons.